The van der Waals surface area contributed by atoms with E-state index in [1.54, 1.807) is 19.2 Å². The van der Waals surface area contributed by atoms with Gasteiger partial charge in [-0.15, -0.1) is 0 Å². The summed E-state index contributed by atoms with van der Waals surface area (Å²) in [5.74, 6) is 0.600. The van der Waals surface area contributed by atoms with Crippen molar-refractivity contribution in [3.63, 3.8) is 0 Å². The Hall–Kier alpha value is -3.14. The fourth-order valence-corrected chi connectivity index (χ4v) is 4.94. The highest BCUT2D eigenvalue weighted by Crippen LogP contribution is 2.20. The van der Waals surface area contributed by atoms with Gasteiger partial charge in [0.15, 0.2) is 0 Å². The van der Waals surface area contributed by atoms with Crippen molar-refractivity contribution in [2.75, 3.05) is 64.4 Å². The van der Waals surface area contributed by atoms with E-state index in [1.165, 1.54) is 29.2 Å². The zero-order chi connectivity index (χ0) is 25.9. The number of methoxy groups -OCH3 is 1. The van der Waals surface area contributed by atoms with Crippen LogP contribution in [-0.4, -0.2) is 84.6 Å². The molecule has 0 radical (unpaired) electrons. The Morgan fingerprint density at radius 2 is 1.84 bits per heavy atom. The fraction of sp³-hybridized carbons (Fsp3) is 0.393. The second kappa shape index (κ2) is 14.0. The van der Waals surface area contributed by atoms with Crippen molar-refractivity contribution < 1.29 is 13.9 Å². The monoisotopic (exact) mass is 523 g/mol. The topological polar surface area (TPSA) is 61.8 Å². The van der Waals surface area contributed by atoms with E-state index in [1.807, 2.05) is 23.1 Å². The van der Waals surface area contributed by atoms with Crippen molar-refractivity contribution in [3.8, 4) is 0 Å². The van der Waals surface area contributed by atoms with E-state index in [2.05, 4.69) is 43.4 Å². The van der Waals surface area contributed by atoms with Crippen molar-refractivity contribution in [2.45, 2.75) is 12.8 Å². The molecule has 1 saturated heterocycles. The molecule has 37 heavy (non-hydrogen) atoms. The van der Waals surface area contributed by atoms with Gasteiger partial charge in [-0.25, -0.2) is 9.37 Å². The maximum atomic E-state index is 13.2. The van der Waals surface area contributed by atoms with Gasteiger partial charge in [-0.1, -0.05) is 54.6 Å². The van der Waals surface area contributed by atoms with Crippen molar-refractivity contribution in [1.29, 1.82) is 0 Å². The zero-order valence-corrected chi connectivity index (χ0v) is 22.1. The van der Waals surface area contributed by atoms with E-state index in [0.717, 1.165) is 43.4 Å². The van der Waals surface area contributed by atoms with Gasteiger partial charge in [0.05, 0.1) is 6.61 Å². The largest absolute Gasteiger partial charge is 0.383 e. The second-order valence-corrected chi connectivity index (χ2v) is 9.75. The van der Waals surface area contributed by atoms with Crippen molar-refractivity contribution in [1.82, 2.24) is 19.2 Å². The van der Waals surface area contributed by atoms with Crippen LogP contribution in [0.1, 0.15) is 23.4 Å². The minimum Gasteiger partial charge on any atom is -0.383 e. The summed E-state index contributed by atoms with van der Waals surface area (Å²) in [5.41, 5.74) is 2.16. The predicted molar refractivity (Wildman–Crippen MR) is 146 cm³/mol. The standard InChI is InChI=1S/C28H34FN5O2S/c1-36-21-20-34(28-30-26(31-37-28)22-24-9-11-25(29)12-10-24)15-13-27(35)33-18-16-32(17-19-33)14-5-8-23-6-3-2-4-7-23/h2-12H,13-22H2,1H3/b8-5+. The third kappa shape index (κ3) is 8.45. The van der Waals surface area contributed by atoms with E-state index in [0.29, 0.717) is 38.4 Å². The number of carbonyl (C=O) groups is 1. The predicted octanol–water partition coefficient (Wildman–Crippen LogP) is 3.97. The molecule has 196 valence electrons. The van der Waals surface area contributed by atoms with Crippen LogP contribution in [0, 0.1) is 5.82 Å². The van der Waals surface area contributed by atoms with Crippen LogP contribution >= 0.6 is 11.5 Å². The average molecular weight is 524 g/mol. The van der Waals surface area contributed by atoms with Crippen LogP contribution in [0.15, 0.2) is 60.7 Å². The fourth-order valence-electron chi connectivity index (χ4n) is 4.20. The highest BCUT2D eigenvalue weighted by molar-refractivity contribution is 7.09. The van der Waals surface area contributed by atoms with Gasteiger partial charge in [0, 0.05) is 77.3 Å². The molecule has 0 saturated carbocycles. The molecule has 0 bridgehead atoms. The molecule has 1 amide bonds. The van der Waals surface area contributed by atoms with Gasteiger partial charge < -0.3 is 14.5 Å². The molecule has 3 aromatic rings. The average Bonchev–Trinajstić information content (AvgIpc) is 3.39. The lowest BCUT2D eigenvalue weighted by atomic mass is 10.1. The van der Waals surface area contributed by atoms with Gasteiger partial charge in [-0.05, 0) is 23.3 Å². The molecule has 1 aliphatic rings. The molecule has 0 N–H and O–H groups in total. The summed E-state index contributed by atoms with van der Waals surface area (Å²) in [5, 5.41) is 0.775. The molecule has 4 rings (SSSR count). The van der Waals surface area contributed by atoms with E-state index < -0.39 is 0 Å². The first-order valence-corrected chi connectivity index (χ1v) is 13.4. The van der Waals surface area contributed by atoms with E-state index in [4.69, 9.17) is 4.74 Å². The zero-order valence-electron chi connectivity index (χ0n) is 21.3. The van der Waals surface area contributed by atoms with Crippen LogP contribution in [0.25, 0.3) is 6.08 Å². The molecular weight excluding hydrogens is 489 g/mol. The summed E-state index contributed by atoms with van der Waals surface area (Å²) in [7, 11) is 1.66. The number of halogens is 1. The van der Waals surface area contributed by atoms with Gasteiger partial charge in [0.1, 0.15) is 11.6 Å². The summed E-state index contributed by atoms with van der Waals surface area (Å²) in [6.07, 6.45) is 5.29. The van der Waals surface area contributed by atoms with Gasteiger partial charge >= 0.3 is 0 Å². The van der Waals surface area contributed by atoms with E-state index in [9.17, 15) is 9.18 Å². The molecule has 0 spiro atoms. The highest BCUT2D eigenvalue weighted by atomic mass is 32.1. The van der Waals surface area contributed by atoms with Crippen molar-refractivity contribution >= 4 is 28.6 Å². The molecule has 0 atom stereocenters. The van der Waals surface area contributed by atoms with Crippen molar-refractivity contribution in [2.24, 2.45) is 0 Å². The minimum absolute atomic E-state index is 0.165. The van der Waals surface area contributed by atoms with Crippen LogP contribution in [0.5, 0.6) is 0 Å². The number of amides is 1. The van der Waals surface area contributed by atoms with Gasteiger partial charge in [0.25, 0.3) is 0 Å². The third-order valence-electron chi connectivity index (χ3n) is 6.36. The first kappa shape index (κ1) is 26.9. The van der Waals surface area contributed by atoms with Crippen LogP contribution < -0.4 is 4.90 Å². The second-order valence-electron chi connectivity index (χ2n) is 9.02. The number of hydrogen-bond acceptors (Lipinski definition) is 7. The first-order chi connectivity index (χ1) is 18.1. The van der Waals surface area contributed by atoms with E-state index >= 15 is 0 Å². The quantitative estimate of drug-likeness (QED) is 0.358. The summed E-state index contributed by atoms with van der Waals surface area (Å²) < 4.78 is 22.9. The molecule has 9 heteroatoms. The lowest BCUT2D eigenvalue weighted by molar-refractivity contribution is -0.132. The lowest BCUT2D eigenvalue weighted by Gasteiger charge is -2.34. The Morgan fingerprint density at radius 3 is 2.57 bits per heavy atom. The number of aromatic nitrogens is 2. The Bertz CT molecular complexity index is 1130. The number of benzene rings is 2. The van der Waals surface area contributed by atoms with Crippen LogP contribution in [0.4, 0.5) is 9.52 Å². The van der Waals surface area contributed by atoms with Gasteiger partial charge in [-0.3, -0.25) is 9.69 Å². The molecule has 1 fully saturated rings. The Morgan fingerprint density at radius 1 is 1.08 bits per heavy atom. The number of carbonyl (C=O) groups excluding carboxylic acids is 1. The molecule has 0 aliphatic carbocycles. The maximum absolute atomic E-state index is 13.2. The minimum atomic E-state index is -0.257. The molecule has 2 aromatic carbocycles. The SMILES string of the molecule is COCCN(CCC(=O)N1CCN(C/C=C/c2ccccc2)CC1)c1nc(Cc2ccc(F)cc2)ns1. The molecule has 1 aromatic heterocycles. The highest BCUT2D eigenvalue weighted by Gasteiger charge is 2.22. The molecular formula is C28H34FN5O2S. The summed E-state index contributed by atoms with van der Waals surface area (Å²) in [6, 6.07) is 16.7. The summed E-state index contributed by atoms with van der Waals surface area (Å²) in [6.45, 7) is 5.87. The smallest absolute Gasteiger partial charge is 0.224 e. The lowest BCUT2D eigenvalue weighted by Crippen LogP contribution is -2.49. The Kier molecular flexibility index (Phi) is 10.2. The maximum Gasteiger partial charge on any atom is 0.224 e. The normalized spacial score (nSPS) is 14.4. The number of piperazine rings is 1. The molecule has 0 unspecified atom stereocenters. The summed E-state index contributed by atoms with van der Waals surface area (Å²) >= 11 is 1.32. The Labute approximate surface area is 222 Å². The van der Waals surface area contributed by atoms with Crippen molar-refractivity contribution in [3.05, 3.63) is 83.4 Å². The molecule has 2 heterocycles. The Balaban J connectivity index is 1.24. The number of hydrogen-bond donors (Lipinski definition) is 0. The third-order valence-corrected chi connectivity index (χ3v) is 7.18. The van der Waals surface area contributed by atoms with Crippen LogP contribution in [0.3, 0.4) is 0 Å². The van der Waals surface area contributed by atoms with Crippen LogP contribution in [-0.2, 0) is 16.0 Å². The van der Waals surface area contributed by atoms with Gasteiger partial charge in [-0.2, -0.15) is 4.37 Å². The first-order valence-electron chi connectivity index (χ1n) is 12.6. The molecule has 7 nitrogen and oxygen atoms in total. The van der Waals surface area contributed by atoms with Crippen LogP contribution in [0.2, 0.25) is 0 Å². The number of anilines is 1. The summed E-state index contributed by atoms with van der Waals surface area (Å²) in [4.78, 5) is 24.0. The number of rotatable bonds is 12. The van der Waals surface area contributed by atoms with E-state index in [-0.39, 0.29) is 11.7 Å². The molecule has 1 aliphatic heterocycles. The number of nitrogens with zero attached hydrogens (tertiary/aromatic N) is 5. The number of ether oxygens (including phenoxy) is 1. The van der Waals surface area contributed by atoms with Gasteiger partial charge in [0.2, 0.25) is 11.0 Å².